The molecule has 1 unspecified atom stereocenters. The summed E-state index contributed by atoms with van der Waals surface area (Å²) in [5.41, 5.74) is 7.68. The first-order valence-corrected chi connectivity index (χ1v) is 4.71. The van der Waals surface area contributed by atoms with E-state index in [4.69, 9.17) is 5.73 Å². The largest absolute Gasteiger partial charge is 0.389 e. The van der Waals surface area contributed by atoms with Gasteiger partial charge in [0.25, 0.3) is 0 Å². The summed E-state index contributed by atoms with van der Waals surface area (Å²) in [7, 11) is 0. The first kappa shape index (κ1) is 10.2. The molecular formula is C11H17NO. The molecular weight excluding hydrogens is 162 g/mol. The number of benzene rings is 1. The van der Waals surface area contributed by atoms with Gasteiger partial charge in [0.05, 0.1) is 6.10 Å². The molecule has 3 N–H and O–H groups in total. The highest BCUT2D eigenvalue weighted by atomic mass is 16.3. The minimum Gasteiger partial charge on any atom is -0.389 e. The van der Waals surface area contributed by atoms with Crippen molar-refractivity contribution in [2.45, 2.75) is 25.9 Å². The maximum Gasteiger partial charge on any atom is 0.0764 e. The Balaban J connectivity index is 2.78. The van der Waals surface area contributed by atoms with Crippen molar-refractivity contribution in [3.05, 3.63) is 35.4 Å². The molecule has 2 nitrogen and oxygen atoms in total. The Hall–Kier alpha value is -0.860. The molecule has 0 aliphatic heterocycles. The van der Waals surface area contributed by atoms with Crippen LogP contribution in [0, 0.1) is 0 Å². The fourth-order valence-electron chi connectivity index (χ4n) is 1.46. The van der Waals surface area contributed by atoms with Gasteiger partial charge in [0.2, 0.25) is 0 Å². The normalized spacial score (nSPS) is 12.8. The van der Waals surface area contributed by atoms with Gasteiger partial charge in [-0.05, 0) is 37.4 Å². The maximum atomic E-state index is 9.47. The lowest BCUT2D eigenvalue weighted by Crippen LogP contribution is -2.03. The summed E-state index contributed by atoms with van der Waals surface area (Å²) in [4.78, 5) is 0. The molecule has 0 aliphatic rings. The van der Waals surface area contributed by atoms with Crippen LogP contribution in [0.2, 0.25) is 0 Å². The molecule has 0 saturated heterocycles. The third-order valence-electron chi connectivity index (χ3n) is 2.16. The number of hydrogen-bond acceptors (Lipinski definition) is 2. The monoisotopic (exact) mass is 179 g/mol. The van der Waals surface area contributed by atoms with Crippen LogP contribution in [0.3, 0.4) is 0 Å². The summed E-state index contributed by atoms with van der Waals surface area (Å²) in [6.07, 6.45) is 1.55. The Morgan fingerprint density at radius 3 is 2.69 bits per heavy atom. The summed E-state index contributed by atoms with van der Waals surface area (Å²) in [6.45, 7) is 2.50. The van der Waals surface area contributed by atoms with Crippen LogP contribution in [0.1, 0.15) is 30.6 Å². The van der Waals surface area contributed by atoms with Crippen molar-refractivity contribution in [1.82, 2.24) is 0 Å². The Labute approximate surface area is 79.4 Å². The zero-order valence-corrected chi connectivity index (χ0v) is 8.03. The number of hydrogen-bond donors (Lipinski definition) is 2. The molecule has 0 bridgehead atoms. The number of aliphatic hydroxyl groups excluding tert-OH is 1. The number of nitrogens with two attached hydrogens (primary N) is 1. The molecule has 1 atom stereocenters. The predicted octanol–water partition coefficient (Wildman–Crippen LogP) is 1.63. The highest BCUT2D eigenvalue weighted by Gasteiger charge is 2.05. The summed E-state index contributed by atoms with van der Waals surface area (Å²) in [6, 6.07) is 7.97. The van der Waals surface area contributed by atoms with E-state index in [0.29, 0.717) is 6.54 Å². The third-order valence-corrected chi connectivity index (χ3v) is 2.16. The highest BCUT2D eigenvalue weighted by molar-refractivity contribution is 5.28. The van der Waals surface area contributed by atoms with Crippen molar-refractivity contribution in [1.29, 1.82) is 0 Å². The van der Waals surface area contributed by atoms with E-state index in [1.807, 2.05) is 18.2 Å². The zero-order chi connectivity index (χ0) is 9.68. The lowest BCUT2D eigenvalue weighted by atomic mass is 9.99. The van der Waals surface area contributed by atoms with Gasteiger partial charge in [0.15, 0.2) is 0 Å². The van der Waals surface area contributed by atoms with Crippen LogP contribution in [0.5, 0.6) is 0 Å². The lowest BCUT2D eigenvalue weighted by molar-refractivity contribution is 0.198. The maximum absolute atomic E-state index is 9.47. The van der Waals surface area contributed by atoms with Gasteiger partial charge >= 0.3 is 0 Å². The predicted molar refractivity (Wildman–Crippen MR) is 54.5 cm³/mol. The summed E-state index contributed by atoms with van der Waals surface area (Å²) in [5.74, 6) is 0. The van der Waals surface area contributed by atoms with Crippen molar-refractivity contribution >= 4 is 0 Å². The van der Waals surface area contributed by atoms with Gasteiger partial charge < -0.3 is 10.8 Å². The molecule has 13 heavy (non-hydrogen) atoms. The molecule has 1 aromatic rings. The van der Waals surface area contributed by atoms with Gasteiger partial charge in [-0.1, -0.05) is 24.3 Å². The van der Waals surface area contributed by atoms with Gasteiger partial charge in [-0.2, -0.15) is 0 Å². The SMILES string of the molecule is CC(O)c1ccccc1CCCN. The van der Waals surface area contributed by atoms with E-state index in [1.165, 1.54) is 5.56 Å². The standard InChI is InChI=1S/C11H17NO/c1-9(13)11-7-3-2-5-10(11)6-4-8-12/h2-3,5,7,9,13H,4,6,8,12H2,1H3. The van der Waals surface area contributed by atoms with Crippen molar-refractivity contribution in [2.24, 2.45) is 5.73 Å². The summed E-state index contributed by atoms with van der Waals surface area (Å²) >= 11 is 0. The molecule has 1 rings (SSSR count). The van der Waals surface area contributed by atoms with Crippen LogP contribution in [-0.4, -0.2) is 11.7 Å². The molecule has 0 spiro atoms. The molecule has 0 amide bonds. The fraction of sp³-hybridized carbons (Fsp3) is 0.455. The zero-order valence-electron chi connectivity index (χ0n) is 8.03. The second-order valence-corrected chi connectivity index (χ2v) is 3.27. The third kappa shape index (κ3) is 2.83. The van der Waals surface area contributed by atoms with Crippen LogP contribution < -0.4 is 5.73 Å². The average Bonchev–Trinajstić information content (AvgIpc) is 2.15. The molecule has 0 saturated carbocycles. The van der Waals surface area contributed by atoms with E-state index < -0.39 is 0 Å². The number of aliphatic hydroxyl groups is 1. The van der Waals surface area contributed by atoms with E-state index in [0.717, 1.165) is 18.4 Å². The molecule has 2 heteroatoms. The smallest absolute Gasteiger partial charge is 0.0764 e. The number of aryl methyl sites for hydroxylation is 1. The van der Waals surface area contributed by atoms with Gasteiger partial charge in [0, 0.05) is 0 Å². The van der Waals surface area contributed by atoms with E-state index in [2.05, 4.69) is 6.07 Å². The summed E-state index contributed by atoms with van der Waals surface area (Å²) in [5, 5.41) is 9.47. The van der Waals surface area contributed by atoms with Gasteiger partial charge in [-0.25, -0.2) is 0 Å². The van der Waals surface area contributed by atoms with Crippen LogP contribution >= 0.6 is 0 Å². The summed E-state index contributed by atoms with van der Waals surface area (Å²) < 4.78 is 0. The minimum atomic E-state index is -0.381. The van der Waals surface area contributed by atoms with Crippen LogP contribution in [0.4, 0.5) is 0 Å². The van der Waals surface area contributed by atoms with E-state index in [1.54, 1.807) is 6.92 Å². The molecule has 0 radical (unpaired) electrons. The van der Waals surface area contributed by atoms with E-state index >= 15 is 0 Å². The second-order valence-electron chi connectivity index (χ2n) is 3.27. The Morgan fingerprint density at radius 1 is 1.38 bits per heavy atom. The van der Waals surface area contributed by atoms with Crippen LogP contribution in [0.15, 0.2) is 24.3 Å². The highest BCUT2D eigenvalue weighted by Crippen LogP contribution is 2.18. The lowest BCUT2D eigenvalue weighted by Gasteiger charge is -2.10. The first-order chi connectivity index (χ1) is 6.25. The van der Waals surface area contributed by atoms with Crippen LogP contribution in [-0.2, 0) is 6.42 Å². The first-order valence-electron chi connectivity index (χ1n) is 4.71. The Kier molecular flexibility index (Phi) is 3.93. The second kappa shape index (κ2) is 5.00. The fourth-order valence-corrected chi connectivity index (χ4v) is 1.46. The Bertz CT molecular complexity index is 258. The van der Waals surface area contributed by atoms with E-state index in [9.17, 15) is 5.11 Å². The molecule has 0 heterocycles. The van der Waals surface area contributed by atoms with Crippen LogP contribution in [0.25, 0.3) is 0 Å². The topological polar surface area (TPSA) is 46.2 Å². The number of rotatable bonds is 4. The minimum absolute atomic E-state index is 0.381. The molecule has 0 fully saturated rings. The Morgan fingerprint density at radius 2 is 2.08 bits per heavy atom. The van der Waals surface area contributed by atoms with E-state index in [-0.39, 0.29) is 6.10 Å². The van der Waals surface area contributed by atoms with Gasteiger partial charge in [0.1, 0.15) is 0 Å². The quantitative estimate of drug-likeness (QED) is 0.738. The van der Waals surface area contributed by atoms with Crippen molar-refractivity contribution in [3.63, 3.8) is 0 Å². The molecule has 0 aliphatic carbocycles. The average molecular weight is 179 g/mol. The van der Waals surface area contributed by atoms with Crippen molar-refractivity contribution in [3.8, 4) is 0 Å². The molecule has 1 aromatic carbocycles. The van der Waals surface area contributed by atoms with Gasteiger partial charge in [-0.3, -0.25) is 0 Å². The van der Waals surface area contributed by atoms with Crippen molar-refractivity contribution in [2.75, 3.05) is 6.54 Å². The van der Waals surface area contributed by atoms with Gasteiger partial charge in [-0.15, -0.1) is 0 Å². The molecule has 0 aromatic heterocycles. The molecule has 72 valence electrons. The van der Waals surface area contributed by atoms with Crippen molar-refractivity contribution < 1.29 is 5.11 Å².